The van der Waals surface area contributed by atoms with Gasteiger partial charge in [0.15, 0.2) is 0 Å². The van der Waals surface area contributed by atoms with Gasteiger partial charge in [0.05, 0.1) is 0 Å². The van der Waals surface area contributed by atoms with Crippen molar-refractivity contribution in [2.24, 2.45) is 5.41 Å². The first-order valence-electron chi connectivity index (χ1n) is 7.57. The number of rotatable bonds is 4. The lowest BCUT2D eigenvalue weighted by Crippen LogP contribution is -2.49. The third-order valence-electron chi connectivity index (χ3n) is 4.22. The van der Waals surface area contributed by atoms with Gasteiger partial charge < -0.3 is 10.1 Å². The first-order valence-corrected chi connectivity index (χ1v) is 7.95. The summed E-state index contributed by atoms with van der Waals surface area (Å²) in [6.07, 6.45) is 3.76. The molecule has 0 heterocycles. The molecule has 20 heavy (non-hydrogen) atoms. The predicted molar refractivity (Wildman–Crippen MR) is 85.7 cm³/mol. The summed E-state index contributed by atoms with van der Waals surface area (Å²) in [7, 11) is 0. The van der Waals surface area contributed by atoms with E-state index in [2.05, 4.69) is 26.1 Å². The third-order valence-corrected chi connectivity index (χ3v) is 4.64. The highest BCUT2D eigenvalue weighted by Crippen LogP contribution is 2.37. The molecule has 1 aliphatic rings. The lowest BCUT2D eigenvalue weighted by atomic mass is 9.74. The molecule has 1 aliphatic carbocycles. The standard InChI is InChI=1S/C17H26ClNO/c1-5-19-15-8-9-17(3,4)11-16(15)20-13-6-7-14(18)12(2)10-13/h6-7,10,15-16,19H,5,8-9,11H2,1-4H3. The summed E-state index contributed by atoms with van der Waals surface area (Å²) in [5.41, 5.74) is 1.43. The van der Waals surface area contributed by atoms with Crippen molar-refractivity contribution < 1.29 is 4.74 Å². The summed E-state index contributed by atoms with van der Waals surface area (Å²) in [4.78, 5) is 0. The van der Waals surface area contributed by atoms with Crippen LogP contribution >= 0.6 is 11.6 Å². The van der Waals surface area contributed by atoms with Gasteiger partial charge in [0, 0.05) is 11.1 Å². The lowest BCUT2D eigenvalue weighted by Gasteiger charge is -2.41. The van der Waals surface area contributed by atoms with Crippen LogP contribution < -0.4 is 10.1 Å². The fourth-order valence-corrected chi connectivity index (χ4v) is 3.12. The van der Waals surface area contributed by atoms with E-state index in [1.54, 1.807) is 0 Å². The Labute approximate surface area is 127 Å². The monoisotopic (exact) mass is 295 g/mol. The number of nitrogens with one attached hydrogen (secondary N) is 1. The maximum Gasteiger partial charge on any atom is 0.120 e. The Kier molecular flexibility index (Phi) is 4.98. The van der Waals surface area contributed by atoms with Crippen LogP contribution in [-0.2, 0) is 0 Å². The van der Waals surface area contributed by atoms with E-state index in [1.807, 2.05) is 25.1 Å². The molecule has 0 radical (unpaired) electrons. The van der Waals surface area contributed by atoms with Crippen molar-refractivity contribution in [1.82, 2.24) is 5.32 Å². The van der Waals surface area contributed by atoms with Crippen LogP contribution in [-0.4, -0.2) is 18.7 Å². The molecule has 2 atom stereocenters. The van der Waals surface area contributed by atoms with Crippen LogP contribution in [0.15, 0.2) is 18.2 Å². The van der Waals surface area contributed by atoms with E-state index in [0.717, 1.165) is 29.3 Å². The first-order chi connectivity index (χ1) is 9.41. The van der Waals surface area contributed by atoms with Gasteiger partial charge in [-0.25, -0.2) is 0 Å². The number of hydrogen-bond donors (Lipinski definition) is 1. The zero-order chi connectivity index (χ0) is 14.8. The fourth-order valence-electron chi connectivity index (χ4n) is 3.01. The summed E-state index contributed by atoms with van der Waals surface area (Å²) in [6.45, 7) is 9.83. The van der Waals surface area contributed by atoms with Crippen molar-refractivity contribution in [2.45, 2.75) is 59.1 Å². The Morgan fingerprint density at radius 1 is 1.40 bits per heavy atom. The van der Waals surface area contributed by atoms with Crippen LogP contribution in [0.1, 0.15) is 45.6 Å². The van der Waals surface area contributed by atoms with Gasteiger partial charge in [0.25, 0.3) is 0 Å². The fraction of sp³-hybridized carbons (Fsp3) is 0.647. The van der Waals surface area contributed by atoms with Gasteiger partial charge in [-0.1, -0.05) is 32.4 Å². The molecule has 1 N–H and O–H groups in total. The largest absolute Gasteiger partial charge is 0.489 e. The van der Waals surface area contributed by atoms with Crippen molar-refractivity contribution in [3.63, 3.8) is 0 Å². The molecule has 0 aromatic heterocycles. The Balaban J connectivity index is 2.11. The molecule has 1 aromatic carbocycles. The number of ether oxygens (including phenoxy) is 1. The molecule has 1 fully saturated rings. The van der Waals surface area contributed by atoms with Gasteiger partial charge in [0.2, 0.25) is 0 Å². The molecule has 1 saturated carbocycles. The van der Waals surface area contributed by atoms with E-state index in [-0.39, 0.29) is 6.10 Å². The van der Waals surface area contributed by atoms with Crippen LogP contribution in [0.4, 0.5) is 0 Å². The van der Waals surface area contributed by atoms with E-state index in [1.165, 1.54) is 12.8 Å². The number of benzene rings is 1. The van der Waals surface area contributed by atoms with Gasteiger partial charge in [-0.3, -0.25) is 0 Å². The summed E-state index contributed by atoms with van der Waals surface area (Å²) < 4.78 is 6.27. The second kappa shape index (κ2) is 6.36. The van der Waals surface area contributed by atoms with Crippen molar-refractivity contribution in [1.29, 1.82) is 0 Å². The highest BCUT2D eigenvalue weighted by molar-refractivity contribution is 6.31. The Bertz CT molecular complexity index is 458. The van der Waals surface area contributed by atoms with Crippen LogP contribution in [0.5, 0.6) is 5.75 Å². The van der Waals surface area contributed by atoms with Crippen molar-refractivity contribution in [2.75, 3.05) is 6.54 Å². The highest BCUT2D eigenvalue weighted by atomic mass is 35.5. The van der Waals surface area contributed by atoms with Crippen LogP contribution in [0.3, 0.4) is 0 Å². The van der Waals surface area contributed by atoms with Crippen molar-refractivity contribution in [3.8, 4) is 5.75 Å². The number of aryl methyl sites for hydroxylation is 1. The molecule has 112 valence electrons. The quantitative estimate of drug-likeness (QED) is 0.877. The molecule has 2 nitrogen and oxygen atoms in total. The van der Waals surface area contributed by atoms with E-state index in [4.69, 9.17) is 16.3 Å². The molecule has 0 bridgehead atoms. The lowest BCUT2D eigenvalue weighted by molar-refractivity contribution is 0.0536. The number of halogens is 1. The van der Waals surface area contributed by atoms with Crippen LogP contribution in [0.2, 0.25) is 5.02 Å². The van der Waals surface area contributed by atoms with Gasteiger partial charge in [0.1, 0.15) is 11.9 Å². The van der Waals surface area contributed by atoms with E-state index < -0.39 is 0 Å². The van der Waals surface area contributed by atoms with Gasteiger partial charge in [-0.15, -0.1) is 0 Å². The van der Waals surface area contributed by atoms with E-state index >= 15 is 0 Å². The summed E-state index contributed by atoms with van der Waals surface area (Å²) in [6, 6.07) is 6.37. The smallest absolute Gasteiger partial charge is 0.120 e. The molecular weight excluding hydrogens is 270 g/mol. The van der Waals surface area contributed by atoms with Gasteiger partial charge in [-0.2, -0.15) is 0 Å². The highest BCUT2D eigenvalue weighted by Gasteiger charge is 2.35. The topological polar surface area (TPSA) is 21.3 Å². The zero-order valence-corrected chi connectivity index (χ0v) is 13.8. The second-order valence-corrected chi connectivity index (χ2v) is 7.05. The van der Waals surface area contributed by atoms with Gasteiger partial charge >= 0.3 is 0 Å². The summed E-state index contributed by atoms with van der Waals surface area (Å²) in [5.74, 6) is 0.928. The van der Waals surface area contributed by atoms with Crippen LogP contribution in [0.25, 0.3) is 0 Å². The maximum absolute atomic E-state index is 6.27. The SMILES string of the molecule is CCNC1CCC(C)(C)CC1Oc1ccc(Cl)c(C)c1. The second-order valence-electron chi connectivity index (χ2n) is 6.64. The summed E-state index contributed by atoms with van der Waals surface area (Å²) in [5, 5.41) is 4.36. The molecule has 0 saturated heterocycles. The van der Waals surface area contributed by atoms with E-state index in [9.17, 15) is 0 Å². The molecule has 2 unspecified atom stereocenters. The minimum absolute atomic E-state index is 0.235. The van der Waals surface area contributed by atoms with Crippen LogP contribution in [0, 0.1) is 12.3 Å². The predicted octanol–water partition coefficient (Wildman–Crippen LogP) is 4.58. The van der Waals surface area contributed by atoms with Crippen molar-refractivity contribution >= 4 is 11.6 Å². The molecular formula is C17H26ClNO. The van der Waals surface area contributed by atoms with Crippen molar-refractivity contribution in [3.05, 3.63) is 28.8 Å². The Hall–Kier alpha value is -0.730. The minimum atomic E-state index is 0.235. The first kappa shape index (κ1) is 15.7. The average Bonchev–Trinajstić information content (AvgIpc) is 2.37. The number of hydrogen-bond acceptors (Lipinski definition) is 2. The molecule has 3 heteroatoms. The molecule has 0 spiro atoms. The van der Waals surface area contributed by atoms with Gasteiger partial charge in [-0.05, 0) is 61.9 Å². The molecule has 0 aliphatic heterocycles. The normalized spacial score (nSPS) is 25.4. The maximum atomic E-state index is 6.27. The molecule has 1 aromatic rings. The number of likely N-dealkylation sites (N-methyl/N-ethyl adjacent to an activating group) is 1. The zero-order valence-electron chi connectivity index (χ0n) is 13.0. The Morgan fingerprint density at radius 2 is 2.15 bits per heavy atom. The van der Waals surface area contributed by atoms with E-state index in [0.29, 0.717) is 11.5 Å². The minimum Gasteiger partial charge on any atom is -0.489 e. The third kappa shape index (κ3) is 3.89. The summed E-state index contributed by atoms with van der Waals surface area (Å²) >= 11 is 6.08. The average molecular weight is 296 g/mol. The molecule has 2 rings (SSSR count). The molecule has 0 amide bonds. The Morgan fingerprint density at radius 3 is 2.80 bits per heavy atom.